The summed E-state index contributed by atoms with van der Waals surface area (Å²) >= 11 is 6.65. The molecule has 2 unspecified atom stereocenters. The van der Waals surface area contributed by atoms with E-state index in [0.29, 0.717) is 44.7 Å². The van der Waals surface area contributed by atoms with Crippen molar-refractivity contribution in [2.24, 2.45) is 0 Å². The van der Waals surface area contributed by atoms with Crippen molar-refractivity contribution in [3.05, 3.63) is 35.9 Å². The van der Waals surface area contributed by atoms with Gasteiger partial charge >= 0.3 is 0 Å². The van der Waals surface area contributed by atoms with Crippen LogP contribution in [-0.4, -0.2) is 72.9 Å². The second-order valence-corrected chi connectivity index (χ2v) is 11.2. The van der Waals surface area contributed by atoms with E-state index < -0.39 is 10.0 Å². The van der Waals surface area contributed by atoms with Crippen LogP contribution in [0.2, 0.25) is 0 Å². The summed E-state index contributed by atoms with van der Waals surface area (Å²) in [5.74, 6) is 0.129. The van der Waals surface area contributed by atoms with Crippen LogP contribution in [-0.2, 0) is 10.0 Å². The second-order valence-electron chi connectivity index (χ2n) is 8.52. The molecule has 0 radical (unpaired) electrons. The van der Waals surface area contributed by atoms with Crippen molar-refractivity contribution >= 4 is 27.5 Å². The molecule has 1 aromatic carbocycles. The zero-order valence-corrected chi connectivity index (χ0v) is 19.4. The van der Waals surface area contributed by atoms with Gasteiger partial charge in [0.25, 0.3) is 5.91 Å². The molecule has 1 saturated heterocycles. The molecule has 1 amide bonds. The molecule has 2 aliphatic rings. The third-order valence-corrected chi connectivity index (χ3v) is 8.84. The maximum atomic E-state index is 12.7. The first kappa shape index (κ1) is 23.5. The Morgan fingerprint density at radius 2 is 1.87 bits per heavy atom. The number of carbonyl (C=O) groups is 1. The van der Waals surface area contributed by atoms with E-state index >= 15 is 0 Å². The van der Waals surface area contributed by atoms with Gasteiger partial charge in [-0.05, 0) is 37.8 Å². The summed E-state index contributed by atoms with van der Waals surface area (Å²) in [5, 5.41) is 3.22. The van der Waals surface area contributed by atoms with Gasteiger partial charge in [0.05, 0.1) is 5.75 Å². The Bertz CT molecular complexity index is 797. The highest BCUT2D eigenvalue weighted by Crippen LogP contribution is 2.35. The predicted octanol–water partition coefficient (Wildman–Crippen LogP) is 3.08. The molecule has 2 fully saturated rings. The van der Waals surface area contributed by atoms with Gasteiger partial charge in [0.15, 0.2) is 0 Å². The number of rotatable bonds is 7. The van der Waals surface area contributed by atoms with Crippen LogP contribution in [0.3, 0.4) is 0 Å². The number of nitrogens with zero attached hydrogens (tertiary/aromatic N) is 2. The third-order valence-electron chi connectivity index (χ3n) is 6.39. The van der Waals surface area contributed by atoms with Crippen LogP contribution in [0, 0.1) is 0 Å². The maximum absolute atomic E-state index is 12.7. The van der Waals surface area contributed by atoms with E-state index in [1.54, 1.807) is 4.31 Å². The smallest absolute Gasteiger partial charge is 0.251 e. The molecule has 0 bridgehead atoms. The van der Waals surface area contributed by atoms with Crippen molar-refractivity contribution in [3.8, 4) is 0 Å². The molecule has 2 atom stereocenters. The number of hydrogen-bond donors (Lipinski definition) is 1. The highest BCUT2D eigenvalue weighted by atomic mass is 35.5. The zero-order valence-electron chi connectivity index (χ0n) is 17.9. The fourth-order valence-corrected chi connectivity index (χ4v) is 6.70. The van der Waals surface area contributed by atoms with Crippen LogP contribution in [0.1, 0.15) is 55.8 Å². The first-order valence-electron chi connectivity index (χ1n) is 11.1. The zero-order chi connectivity index (χ0) is 21.6. The monoisotopic (exact) mass is 455 g/mol. The van der Waals surface area contributed by atoms with Gasteiger partial charge < -0.3 is 5.32 Å². The fraction of sp³-hybridized carbons (Fsp3) is 0.682. The van der Waals surface area contributed by atoms with Crippen LogP contribution in [0.4, 0.5) is 0 Å². The molecular weight excluding hydrogens is 422 g/mol. The Kier molecular flexibility index (Phi) is 8.18. The number of benzene rings is 1. The van der Waals surface area contributed by atoms with E-state index in [-0.39, 0.29) is 22.6 Å². The number of sulfonamides is 1. The van der Waals surface area contributed by atoms with Crippen molar-refractivity contribution in [1.82, 2.24) is 14.5 Å². The number of halogens is 1. The Morgan fingerprint density at radius 1 is 1.17 bits per heavy atom. The minimum absolute atomic E-state index is 0.0722. The topological polar surface area (TPSA) is 69.7 Å². The van der Waals surface area contributed by atoms with Crippen LogP contribution in [0.15, 0.2) is 30.3 Å². The summed E-state index contributed by atoms with van der Waals surface area (Å²) < 4.78 is 26.5. The van der Waals surface area contributed by atoms with Crippen LogP contribution >= 0.6 is 11.6 Å². The number of piperazine rings is 1. The van der Waals surface area contributed by atoms with Gasteiger partial charge in [-0.1, -0.05) is 38.0 Å². The molecule has 1 heterocycles. The van der Waals surface area contributed by atoms with Crippen LogP contribution in [0.25, 0.3) is 0 Å². The molecule has 1 aromatic rings. The standard InChI is InChI=1S/C22H34ClN3O3S/c1-2-16-30(28,29)26-14-12-25(13-15-26)22(11-7-6-10-20(23)17-22)18-24-21(27)19-8-4-3-5-9-19/h3-5,8-9,20H,2,6-7,10-18H2,1H3,(H,24,27). The molecule has 3 rings (SSSR count). The van der Waals surface area contributed by atoms with E-state index in [1.807, 2.05) is 37.3 Å². The Morgan fingerprint density at radius 3 is 2.53 bits per heavy atom. The number of amides is 1. The van der Waals surface area contributed by atoms with Gasteiger partial charge in [-0.25, -0.2) is 8.42 Å². The van der Waals surface area contributed by atoms with Crippen molar-refractivity contribution in [3.63, 3.8) is 0 Å². The lowest BCUT2D eigenvalue weighted by molar-refractivity contribution is 0.0397. The molecule has 8 heteroatoms. The van der Waals surface area contributed by atoms with Gasteiger partial charge in [0.2, 0.25) is 10.0 Å². The van der Waals surface area contributed by atoms with Gasteiger partial charge in [-0.3, -0.25) is 9.69 Å². The molecule has 0 aromatic heterocycles. The highest BCUT2D eigenvalue weighted by Gasteiger charge is 2.42. The fourth-order valence-electron chi connectivity index (χ4n) is 4.76. The summed E-state index contributed by atoms with van der Waals surface area (Å²) in [4.78, 5) is 15.1. The molecule has 30 heavy (non-hydrogen) atoms. The minimum atomic E-state index is -3.18. The minimum Gasteiger partial charge on any atom is -0.350 e. The summed E-state index contributed by atoms with van der Waals surface area (Å²) in [5.41, 5.74) is 0.424. The van der Waals surface area contributed by atoms with Crippen LogP contribution in [0.5, 0.6) is 0 Å². The molecule has 1 aliphatic carbocycles. The first-order chi connectivity index (χ1) is 14.4. The third kappa shape index (κ3) is 5.75. The van der Waals surface area contributed by atoms with E-state index in [0.717, 1.165) is 32.1 Å². The molecule has 168 valence electrons. The Hall–Kier alpha value is -1.15. The molecule has 0 spiro atoms. The molecule has 1 aliphatic heterocycles. The van der Waals surface area contributed by atoms with Crippen molar-refractivity contribution in [2.45, 2.75) is 56.4 Å². The first-order valence-corrected chi connectivity index (χ1v) is 13.1. The summed E-state index contributed by atoms with van der Waals surface area (Å²) in [7, 11) is -3.18. The lowest BCUT2D eigenvalue weighted by atomic mass is 9.87. The lowest BCUT2D eigenvalue weighted by Crippen LogP contribution is -2.62. The molecular formula is C22H34ClN3O3S. The van der Waals surface area contributed by atoms with E-state index in [9.17, 15) is 13.2 Å². The quantitative estimate of drug-likeness (QED) is 0.506. The van der Waals surface area contributed by atoms with E-state index in [1.165, 1.54) is 0 Å². The van der Waals surface area contributed by atoms with E-state index in [2.05, 4.69) is 10.2 Å². The molecule has 1 saturated carbocycles. The SMILES string of the molecule is CCCS(=O)(=O)N1CCN(C2(CNC(=O)c3ccccc3)CCCCC(Cl)C2)CC1. The molecule has 6 nitrogen and oxygen atoms in total. The number of carbonyl (C=O) groups excluding carboxylic acids is 1. The van der Waals surface area contributed by atoms with Crippen molar-refractivity contribution in [1.29, 1.82) is 0 Å². The maximum Gasteiger partial charge on any atom is 0.251 e. The Labute approximate surface area is 186 Å². The second kappa shape index (κ2) is 10.4. The largest absolute Gasteiger partial charge is 0.350 e. The average molecular weight is 456 g/mol. The van der Waals surface area contributed by atoms with Gasteiger partial charge in [-0.2, -0.15) is 4.31 Å². The number of nitrogens with one attached hydrogen (secondary N) is 1. The van der Waals surface area contributed by atoms with Crippen LogP contribution < -0.4 is 5.32 Å². The number of alkyl halides is 1. The normalized spacial score (nSPS) is 26.8. The summed E-state index contributed by atoms with van der Waals surface area (Å²) in [6, 6.07) is 9.25. The molecule has 1 N–H and O–H groups in total. The van der Waals surface area contributed by atoms with Crippen molar-refractivity contribution in [2.75, 3.05) is 38.5 Å². The Balaban J connectivity index is 1.72. The van der Waals surface area contributed by atoms with Gasteiger partial charge in [0.1, 0.15) is 0 Å². The van der Waals surface area contributed by atoms with E-state index in [4.69, 9.17) is 11.6 Å². The number of hydrogen-bond acceptors (Lipinski definition) is 4. The summed E-state index contributed by atoms with van der Waals surface area (Å²) in [6.07, 6.45) is 5.55. The lowest BCUT2D eigenvalue weighted by Gasteiger charge is -2.48. The van der Waals surface area contributed by atoms with Gasteiger partial charge in [0, 0.05) is 49.2 Å². The highest BCUT2D eigenvalue weighted by molar-refractivity contribution is 7.89. The van der Waals surface area contributed by atoms with Gasteiger partial charge in [-0.15, -0.1) is 11.6 Å². The van der Waals surface area contributed by atoms with Crippen molar-refractivity contribution < 1.29 is 13.2 Å². The predicted molar refractivity (Wildman–Crippen MR) is 121 cm³/mol. The summed E-state index contributed by atoms with van der Waals surface area (Å²) in [6.45, 7) is 4.78. The average Bonchev–Trinajstić information content (AvgIpc) is 2.94.